The molecule has 0 N–H and O–H groups in total. The summed E-state index contributed by atoms with van der Waals surface area (Å²) in [6.07, 6.45) is 0. The van der Waals surface area contributed by atoms with Crippen molar-refractivity contribution in [2.75, 3.05) is 0 Å². The molecule has 3 nitrogen and oxygen atoms in total. The first-order valence-corrected chi connectivity index (χ1v) is 14.3. The molecule has 0 saturated carbocycles. The molecule has 1 aromatic heterocycles. The van der Waals surface area contributed by atoms with E-state index in [1.54, 1.807) is 4.57 Å². The molecule has 0 fully saturated rings. The molecular weight excluding hydrogens is 512 g/mol. The number of nitrogens with zero attached hydrogens (tertiary/aromatic N) is 2. The van der Waals surface area contributed by atoms with E-state index in [9.17, 15) is 4.79 Å². The molecule has 0 bridgehead atoms. The summed E-state index contributed by atoms with van der Waals surface area (Å²) in [7, 11) is 0. The summed E-state index contributed by atoms with van der Waals surface area (Å²) in [5.74, 6) is 0.636. The van der Waals surface area contributed by atoms with Crippen molar-refractivity contribution in [3.05, 3.63) is 178 Å². The van der Waals surface area contributed by atoms with Gasteiger partial charge in [0.05, 0.1) is 22.0 Å². The molecule has 2 aliphatic rings. The first-order valence-electron chi connectivity index (χ1n) is 14.3. The summed E-state index contributed by atoms with van der Waals surface area (Å²) in [5.41, 5.74) is 12.0. The van der Waals surface area contributed by atoms with Crippen molar-refractivity contribution < 1.29 is 0 Å². The third kappa shape index (κ3) is 2.89. The van der Waals surface area contributed by atoms with Gasteiger partial charge in [0.1, 0.15) is 5.82 Å². The molecule has 0 atom stereocenters. The van der Waals surface area contributed by atoms with Crippen LogP contribution in [0.5, 0.6) is 0 Å². The summed E-state index contributed by atoms with van der Waals surface area (Å²) in [5, 5.41) is 0.605. The number of benzene rings is 6. The molecule has 42 heavy (non-hydrogen) atoms. The minimum Gasteiger partial charge on any atom is -0.268 e. The number of rotatable bonds is 2. The van der Waals surface area contributed by atoms with Crippen molar-refractivity contribution in [2.24, 2.45) is 0 Å². The average Bonchev–Trinajstić information content (AvgIpc) is 3.52. The Balaban J connectivity index is 1.37. The van der Waals surface area contributed by atoms with Crippen molar-refractivity contribution in [1.82, 2.24) is 9.55 Å². The molecule has 0 saturated heterocycles. The van der Waals surface area contributed by atoms with E-state index in [1.807, 2.05) is 54.6 Å². The highest BCUT2D eigenvalue weighted by molar-refractivity contribution is 5.95. The fraction of sp³-hybridized carbons (Fsp3) is 0.0256. The molecule has 9 rings (SSSR count). The van der Waals surface area contributed by atoms with Gasteiger partial charge in [0.2, 0.25) is 0 Å². The number of para-hydroxylation sites is 1. The Bertz CT molecular complexity index is 2230. The standard InChI is InChI=1S/C39H24N2O/c42-38-30-17-7-11-21-36(30)40-37(25-12-2-1-3-13-25)41(38)26-22-23-35-31(24-26)29-16-6-10-20-34(29)39(35)32-18-8-4-14-27(32)28-15-5-9-19-33(28)39/h1-24H. The lowest BCUT2D eigenvalue weighted by atomic mass is 9.70. The first kappa shape index (κ1) is 23.2. The second-order valence-corrected chi connectivity index (χ2v) is 11.1. The van der Waals surface area contributed by atoms with Gasteiger partial charge in [-0.05, 0) is 68.8 Å². The van der Waals surface area contributed by atoms with Crippen LogP contribution in [0.4, 0.5) is 0 Å². The summed E-state index contributed by atoms with van der Waals surface area (Å²) in [6, 6.07) is 50.4. The van der Waals surface area contributed by atoms with Gasteiger partial charge >= 0.3 is 0 Å². The zero-order valence-electron chi connectivity index (χ0n) is 22.7. The summed E-state index contributed by atoms with van der Waals surface area (Å²) >= 11 is 0. The minimum absolute atomic E-state index is 0.0723. The maximum atomic E-state index is 14.2. The average molecular weight is 537 g/mol. The maximum absolute atomic E-state index is 14.2. The van der Waals surface area contributed by atoms with Gasteiger partial charge in [-0.15, -0.1) is 0 Å². The minimum atomic E-state index is -0.410. The van der Waals surface area contributed by atoms with Crippen molar-refractivity contribution in [3.63, 3.8) is 0 Å². The second kappa shape index (κ2) is 8.48. The van der Waals surface area contributed by atoms with Crippen LogP contribution in [0.1, 0.15) is 22.3 Å². The van der Waals surface area contributed by atoms with E-state index in [4.69, 9.17) is 4.98 Å². The van der Waals surface area contributed by atoms with Gasteiger partial charge in [-0.1, -0.05) is 121 Å². The Morgan fingerprint density at radius 2 is 1.02 bits per heavy atom. The molecule has 0 aliphatic heterocycles. The van der Waals surface area contributed by atoms with E-state index >= 15 is 0 Å². The van der Waals surface area contributed by atoms with E-state index in [0.717, 1.165) is 16.8 Å². The molecular formula is C39H24N2O. The highest BCUT2D eigenvalue weighted by atomic mass is 16.1. The first-order chi connectivity index (χ1) is 20.8. The molecule has 6 aromatic carbocycles. The van der Waals surface area contributed by atoms with Crippen LogP contribution in [-0.4, -0.2) is 9.55 Å². The van der Waals surface area contributed by atoms with Crippen LogP contribution < -0.4 is 5.56 Å². The fourth-order valence-electron chi connectivity index (χ4n) is 7.38. The number of hydrogen-bond acceptors (Lipinski definition) is 2. The van der Waals surface area contributed by atoms with Crippen molar-refractivity contribution >= 4 is 10.9 Å². The molecule has 1 spiro atoms. The van der Waals surface area contributed by atoms with E-state index in [2.05, 4.69) is 91.0 Å². The third-order valence-electron chi connectivity index (χ3n) is 9.05. The van der Waals surface area contributed by atoms with Crippen molar-refractivity contribution in [2.45, 2.75) is 5.41 Å². The van der Waals surface area contributed by atoms with Crippen LogP contribution in [0.15, 0.2) is 150 Å². The van der Waals surface area contributed by atoms with Gasteiger partial charge in [-0.3, -0.25) is 9.36 Å². The Morgan fingerprint density at radius 1 is 0.500 bits per heavy atom. The van der Waals surface area contributed by atoms with Crippen LogP contribution in [-0.2, 0) is 5.41 Å². The van der Waals surface area contributed by atoms with Crippen LogP contribution in [0.2, 0.25) is 0 Å². The molecule has 3 heteroatoms. The Hall–Kier alpha value is -5.54. The van der Waals surface area contributed by atoms with Crippen LogP contribution >= 0.6 is 0 Å². The van der Waals surface area contributed by atoms with E-state index in [1.165, 1.54) is 38.9 Å². The number of hydrogen-bond donors (Lipinski definition) is 0. The molecule has 0 radical (unpaired) electrons. The quantitative estimate of drug-likeness (QED) is 0.222. The summed E-state index contributed by atoms with van der Waals surface area (Å²) in [6.45, 7) is 0. The number of fused-ring (bicyclic) bond motifs is 11. The summed E-state index contributed by atoms with van der Waals surface area (Å²) < 4.78 is 1.78. The smallest absolute Gasteiger partial charge is 0.266 e. The van der Waals surface area contributed by atoms with Crippen LogP contribution in [0.3, 0.4) is 0 Å². The van der Waals surface area contributed by atoms with E-state index in [0.29, 0.717) is 16.7 Å². The Morgan fingerprint density at radius 3 is 1.69 bits per heavy atom. The normalized spacial score (nSPS) is 13.5. The van der Waals surface area contributed by atoms with E-state index < -0.39 is 5.41 Å². The van der Waals surface area contributed by atoms with Crippen LogP contribution in [0, 0.1) is 0 Å². The fourth-order valence-corrected chi connectivity index (χ4v) is 7.38. The predicted octanol–water partition coefficient (Wildman–Crippen LogP) is 8.40. The molecule has 1 heterocycles. The zero-order chi connectivity index (χ0) is 27.8. The lowest BCUT2D eigenvalue weighted by molar-refractivity contribution is 0.793. The lowest BCUT2D eigenvalue weighted by Gasteiger charge is -2.30. The lowest BCUT2D eigenvalue weighted by Crippen LogP contribution is -2.26. The van der Waals surface area contributed by atoms with Crippen molar-refractivity contribution in [3.8, 4) is 39.3 Å². The maximum Gasteiger partial charge on any atom is 0.266 e. The molecule has 2 aliphatic carbocycles. The third-order valence-corrected chi connectivity index (χ3v) is 9.05. The Kier molecular flexibility index (Phi) is 4.68. The van der Waals surface area contributed by atoms with Gasteiger partial charge in [0, 0.05) is 5.56 Å². The molecule has 0 amide bonds. The van der Waals surface area contributed by atoms with Gasteiger partial charge in [-0.25, -0.2) is 4.98 Å². The van der Waals surface area contributed by atoms with Gasteiger partial charge in [0.25, 0.3) is 5.56 Å². The largest absolute Gasteiger partial charge is 0.268 e. The monoisotopic (exact) mass is 536 g/mol. The summed E-state index contributed by atoms with van der Waals surface area (Å²) in [4.78, 5) is 19.2. The molecule has 7 aromatic rings. The zero-order valence-corrected chi connectivity index (χ0v) is 22.7. The SMILES string of the molecule is O=c1c2ccccc2nc(-c2ccccc2)n1-c1ccc2c(c1)-c1ccccc1C21c2ccccc2-c2ccccc21. The highest BCUT2D eigenvalue weighted by Crippen LogP contribution is 2.62. The van der Waals surface area contributed by atoms with Crippen molar-refractivity contribution in [1.29, 1.82) is 0 Å². The second-order valence-electron chi connectivity index (χ2n) is 11.1. The topological polar surface area (TPSA) is 34.9 Å². The van der Waals surface area contributed by atoms with Crippen LogP contribution in [0.25, 0.3) is 50.2 Å². The molecule has 196 valence electrons. The van der Waals surface area contributed by atoms with Gasteiger partial charge < -0.3 is 0 Å². The highest BCUT2D eigenvalue weighted by Gasteiger charge is 2.51. The molecule has 0 unspecified atom stereocenters. The van der Waals surface area contributed by atoms with Gasteiger partial charge in [0.15, 0.2) is 0 Å². The van der Waals surface area contributed by atoms with Gasteiger partial charge in [-0.2, -0.15) is 0 Å². The number of aromatic nitrogens is 2. The Labute approximate surface area is 243 Å². The predicted molar refractivity (Wildman–Crippen MR) is 169 cm³/mol. The van der Waals surface area contributed by atoms with E-state index in [-0.39, 0.29) is 5.56 Å².